The molecule has 1 unspecified atom stereocenters. The van der Waals surface area contributed by atoms with E-state index in [1.165, 1.54) is 25.0 Å². The van der Waals surface area contributed by atoms with Crippen LogP contribution in [0.25, 0.3) is 0 Å². The molecule has 13 heavy (non-hydrogen) atoms. The summed E-state index contributed by atoms with van der Waals surface area (Å²) in [5, 5.41) is 3.48. The SMILES string of the molecule is CC/C=C(/C)NCC(C)CC1CC1. The highest BCUT2D eigenvalue weighted by Crippen LogP contribution is 2.34. The highest BCUT2D eigenvalue weighted by Gasteiger charge is 2.23. The molecule has 1 aliphatic carbocycles. The summed E-state index contributed by atoms with van der Waals surface area (Å²) in [5.74, 6) is 1.90. The van der Waals surface area contributed by atoms with Gasteiger partial charge in [0.1, 0.15) is 0 Å². The molecule has 1 rings (SSSR count). The molecule has 0 aromatic heterocycles. The molecular formula is C12H23N. The van der Waals surface area contributed by atoms with Gasteiger partial charge in [0.2, 0.25) is 0 Å². The van der Waals surface area contributed by atoms with Crippen LogP contribution in [-0.2, 0) is 0 Å². The standard InChI is InChI=1S/C12H23N/c1-4-5-11(3)13-9-10(2)8-12-6-7-12/h5,10,12-13H,4,6-9H2,1-3H3/b11-5-. The molecule has 1 atom stereocenters. The monoisotopic (exact) mass is 181 g/mol. The van der Waals surface area contributed by atoms with Gasteiger partial charge in [0, 0.05) is 12.2 Å². The number of hydrogen-bond acceptors (Lipinski definition) is 1. The van der Waals surface area contributed by atoms with E-state index in [-0.39, 0.29) is 0 Å². The van der Waals surface area contributed by atoms with E-state index in [1.54, 1.807) is 0 Å². The summed E-state index contributed by atoms with van der Waals surface area (Å²) in [4.78, 5) is 0. The summed E-state index contributed by atoms with van der Waals surface area (Å²) >= 11 is 0. The molecular weight excluding hydrogens is 158 g/mol. The first-order valence-electron chi connectivity index (χ1n) is 5.63. The number of nitrogens with one attached hydrogen (secondary N) is 1. The molecule has 0 aliphatic heterocycles. The van der Waals surface area contributed by atoms with Crippen molar-refractivity contribution in [2.75, 3.05) is 6.54 Å². The molecule has 1 nitrogen and oxygen atoms in total. The second-order valence-corrected chi connectivity index (χ2v) is 4.46. The van der Waals surface area contributed by atoms with Crippen molar-refractivity contribution in [2.45, 2.75) is 46.5 Å². The second-order valence-electron chi connectivity index (χ2n) is 4.46. The van der Waals surface area contributed by atoms with Gasteiger partial charge in [0.15, 0.2) is 0 Å². The molecule has 0 aromatic carbocycles. The zero-order chi connectivity index (χ0) is 9.68. The van der Waals surface area contributed by atoms with Gasteiger partial charge in [-0.1, -0.05) is 32.8 Å². The van der Waals surface area contributed by atoms with E-state index >= 15 is 0 Å². The van der Waals surface area contributed by atoms with Crippen molar-refractivity contribution >= 4 is 0 Å². The van der Waals surface area contributed by atoms with Gasteiger partial charge in [-0.3, -0.25) is 0 Å². The smallest absolute Gasteiger partial charge is 0.0169 e. The first-order chi connectivity index (χ1) is 6.22. The molecule has 1 fully saturated rings. The lowest BCUT2D eigenvalue weighted by Gasteiger charge is -2.13. The van der Waals surface area contributed by atoms with E-state index in [1.807, 2.05) is 0 Å². The summed E-state index contributed by atoms with van der Waals surface area (Å²) in [7, 11) is 0. The highest BCUT2D eigenvalue weighted by molar-refractivity contribution is 4.94. The average molecular weight is 181 g/mol. The van der Waals surface area contributed by atoms with Crippen LogP contribution in [0.3, 0.4) is 0 Å². The Morgan fingerprint density at radius 3 is 2.77 bits per heavy atom. The van der Waals surface area contributed by atoms with Crippen LogP contribution in [0.5, 0.6) is 0 Å². The average Bonchev–Trinajstić information content (AvgIpc) is 2.85. The Bertz CT molecular complexity index is 168. The molecule has 0 bridgehead atoms. The molecule has 0 saturated heterocycles. The Kier molecular flexibility index (Phi) is 4.34. The Morgan fingerprint density at radius 2 is 2.23 bits per heavy atom. The molecule has 1 heteroatoms. The van der Waals surface area contributed by atoms with Gasteiger partial charge in [-0.05, 0) is 31.6 Å². The molecule has 76 valence electrons. The zero-order valence-corrected chi connectivity index (χ0v) is 9.27. The van der Waals surface area contributed by atoms with Crippen LogP contribution in [0, 0.1) is 11.8 Å². The molecule has 0 heterocycles. The molecule has 1 N–H and O–H groups in total. The van der Waals surface area contributed by atoms with Gasteiger partial charge in [0.25, 0.3) is 0 Å². The zero-order valence-electron chi connectivity index (χ0n) is 9.27. The van der Waals surface area contributed by atoms with Gasteiger partial charge >= 0.3 is 0 Å². The summed E-state index contributed by atoms with van der Waals surface area (Å²) < 4.78 is 0. The topological polar surface area (TPSA) is 12.0 Å². The lowest BCUT2D eigenvalue weighted by molar-refractivity contribution is 0.476. The van der Waals surface area contributed by atoms with E-state index < -0.39 is 0 Å². The van der Waals surface area contributed by atoms with E-state index in [4.69, 9.17) is 0 Å². The van der Waals surface area contributed by atoms with Crippen LogP contribution < -0.4 is 5.32 Å². The Balaban J connectivity index is 2.05. The van der Waals surface area contributed by atoms with Crippen LogP contribution in [0.2, 0.25) is 0 Å². The van der Waals surface area contributed by atoms with E-state index in [0.717, 1.165) is 24.8 Å². The summed E-state index contributed by atoms with van der Waals surface area (Å²) in [6.07, 6.45) is 7.77. The Labute approximate surface area is 82.6 Å². The molecule has 0 radical (unpaired) electrons. The predicted molar refractivity (Wildman–Crippen MR) is 58.6 cm³/mol. The fourth-order valence-electron chi connectivity index (χ4n) is 1.72. The van der Waals surface area contributed by atoms with E-state index in [9.17, 15) is 0 Å². The maximum atomic E-state index is 3.48. The van der Waals surface area contributed by atoms with Crippen molar-refractivity contribution in [1.82, 2.24) is 5.32 Å². The molecule has 0 amide bonds. The summed E-state index contributed by atoms with van der Waals surface area (Å²) in [6, 6.07) is 0. The fourth-order valence-corrected chi connectivity index (χ4v) is 1.72. The first-order valence-corrected chi connectivity index (χ1v) is 5.63. The third-order valence-electron chi connectivity index (χ3n) is 2.67. The van der Waals surface area contributed by atoms with Gasteiger partial charge in [-0.25, -0.2) is 0 Å². The van der Waals surface area contributed by atoms with Crippen LogP contribution in [0.1, 0.15) is 46.5 Å². The number of allylic oxidation sites excluding steroid dienone is 2. The van der Waals surface area contributed by atoms with Gasteiger partial charge in [-0.2, -0.15) is 0 Å². The summed E-state index contributed by atoms with van der Waals surface area (Å²) in [5.41, 5.74) is 1.34. The largest absolute Gasteiger partial charge is 0.389 e. The Hall–Kier alpha value is -0.460. The highest BCUT2D eigenvalue weighted by atomic mass is 14.9. The minimum Gasteiger partial charge on any atom is -0.389 e. The van der Waals surface area contributed by atoms with Crippen LogP contribution >= 0.6 is 0 Å². The van der Waals surface area contributed by atoms with Crippen LogP contribution in [-0.4, -0.2) is 6.54 Å². The van der Waals surface area contributed by atoms with Crippen molar-refractivity contribution in [3.63, 3.8) is 0 Å². The van der Waals surface area contributed by atoms with E-state index in [0.29, 0.717) is 0 Å². The van der Waals surface area contributed by atoms with Gasteiger partial charge < -0.3 is 5.32 Å². The fraction of sp³-hybridized carbons (Fsp3) is 0.833. The number of rotatable bonds is 6. The Morgan fingerprint density at radius 1 is 1.54 bits per heavy atom. The van der Waals surface area contributed by atoms with Crippen molar-refractivity contribution in [2.24, 2.45) is 11.8 Å². The second kappa shape index (κ2) is 5.31. The maximum Gasteiger partial charge on any atom is 0.0169 e. The molecule has 0 spiro atoms. The van der Waals surface area contributed by atoms with Crippen molar-refractivity contribution in [3.8, 4) is 0 Å². The normalized spacial score (nSPS) is 20.1. The van der Waals surface area contributed by atoms with Gasteiger partial charge in [0.05, 0.1) is 0 Å². The molecule has 1 saturated carbocycles. The van der Waals surface area contributed by atoms with Crippen molar-refractivity contribution < 1.29 is 0 Å². The first kappa shape index (κ1) is 10.6. The quantitative estimate of drug-likeness (QED) is 0.663. The third-order valence-corrected chi connectivity index (χ3v) is 2.67. The van der Waals surface area contributed by atoms with Gasteiger partial charge in [-0.15, -0.1) is 0 Å². The lowest BCUT2D eigenvalue weighted by Crippen LogP contribution is -2.19. The number of hydrogen-bond donors (Lipinski definition) is 1. The predicted octanol–water partition coefficient (Wildman–Crippen LogP) is 3.33. The molecule has 1 aliphatic rings. The maximum absolute atomic E-state index is 3.48. The van der Waals surface area contributed by atoms with Crippen LogP contribution in [0.15, 0.2) is 11.8 Å². The van der Waals surface area contributed by atoms with E-state index in [2.05, 4.69) is 32.2 Å². The third kappa shape index (κ3) is 4.97. The lowest BCUT2D eigenvalue weighted by atomic mass is 10.0. The van der Waals surface area contributed by atoms with Crippen molar-refractivity contribution in [3.05, 3.63) is 11.8 Å². The van der Waals surface area contributed by atoms with Crippen LogP contribution in [0.4, 0.5) is 0 Å². The minimum absolute atomic E-state index is 0.840. The van der Waals surface area contributed by atoms with Crippen molar-refractivity contribution in [1.29, 1.82) is 0 Å². The minimum atomic E-state index is 0.840. The molecule has 0 aromatic rings. The summed E-state index contributed by atoms with van der Waals surface area (Å²) in [6.45, 7) is 7.84.